The van der Waals surface area contributed by atoms with Gasteiger partial charge in [0.05, 0.1) is 12.2 Å². The van der Waals surface area contributed by atoms with E-state index in [1.807, 2.05) is 0 Å². The minimum atomic E-state index is 0.323. The van der Waals surface area contributed by atoms with E-state index >= 15 is 0 Å². The second-order valence-corrected chi connectivity index (χ2v) is 5.89. The fraction of sp³-hybridized carbons (Fsp3) is 0.538. The summed E-state index contributed by atoms with van der Waals surface area (Å²) in [5.41, 5.74) is 8.02. The molecule has 17 heavy (non-hydrogen) atoms. The Morgan fingerprint density at radius 1 is 1.18 bits per heavy atom. The lowest BCUT2D eigenvalue weighted by molar-refractivity contribution is 0.356. The summed E-state index contributed by atoms with van der Waals surface area (Å²) >= 11 is 3.47. The van der Waals surface area contributed by atoms with E-state index in [2.05, 4.69) is 77.1 Å². The lowest BCUT2D eigenvalue weighted by Crippen LogP contribution is -2.46. The molecule has 94 valence electrons. The quantitative estimate of drug-likeness (QED) is 0.802. The highest BCUT2D eigenvalue weighted by atomic mass is 79.9. The monoisotopic (exact) mass is 297 g/mol. The van der Waals surface area contributed by atoms with Gasteiger partial charge in [0.25, 0.3) is 0 Å². The number of hydrazine groups is 1. The predicted octanol–water partition coefficient (Wildman–Crippen LogP) is 2.56. The summed E-state index contributed by atoms with van der Waals surface area (Å²) in [4.78, 5) is 0. The lowest BCUT2D eigenvalue weighted by Gasteiger charge is -2.21. The summed E-state index contributed by atoms with van der Waals surface area (Å²) in [6, 6.07) is 9.36. The van der Waals surface area contributed by atoms with Crippen molar-refractivity contribution in [1.82, 2.24) is 16.2 Å². The van der Waals surface area contributed by atoms with Crippen LogP contribution in [-0.4, -0.2) is 12.2 Å². The van der Waals surface area contributed by atoms with E-state index in [9.17, 15) is 0 Å². The molecule has 4 heteroatoms. The molecule has 3 unspecified atom stereocenters. The second-order valence-electron chi connectivity index (χ2n) is 4.98. The first-order valence-corrected chi connectivity index (χ1v) is 6.90. The molecule has 0 radical (unpaired) electrons. The van der Waals surface area contributed by atoms with Crippen LogP contribution < -0.4 is 16.2 Å². The van der Waals surface area contributed by atoms with Gasteiger partial charge in [0.1, 0.15) is 0 Å². The van der Waals surface area contributed by atoms with Crippen LogP contribution in [0.1, 0.15) is 32.4 Å². The summed E-state index contributed by atoms with van der Waals surface area (Å²) in [6.07, 6.45) is 0.323. The Bertz CT molecular complexity index is 363. The van der Waals surface area contributed by atoms with Gasteiger partial charge in [-0.1, -0.05) is 35.0 Å². The standard InChI is InChI=1S/C13H20BrN3/c1-8(2)15-13-9(3)12(16-17-13)10-4-6-11(14)7-5-10/h4-9,12-13,15-17H,1-3H3. The van der Waals surface area contributed by atoms with Crippen molar-refractivity contribution in [2.75, 3.05) is 0 Å². The van der Waals surface area contributed by atoms with E-state index in [-0.39, 0.29) is 0 Å². The summed E-state index contributed by atoms with van der Waals surface area (Å²) in [7, 11) is 0. The number of benzene rings is 1. The number of rotatable bonds is 3. The first-order valence-electron chi connectivity index (χ1n) is 6.10. The Labute approximate surface area is 111 Å². The average Bonchev–Trinajstić information content (AvgIpc) is 2.61. The molecule has 1 aromatic rings. The molecule has 3 nitrogen and oxygen atoms in total. The molecule has 1 aliphatic rings. The van der Waals surface area contributed by atoms with Crippen molar-refractivity contribution < 1.29 is 0 Å². The smallest absolute Gasteiger partial charge is 0.0750 e. The molecule has 1 fully saturated rings. The Balaban J connectivity index is 2.06. The maximum absolute atomic E-state index is 3.52. The van der Waals surface area contributed by atoms with Crippen LogP contribution in [0.5, 0.6) is 0 Å². The highest BCUT2D eigenvalue weighted by molar-refractivity contribution is 9.10. The third-order valence-corrected chi connectivity index (χ3v) is 3.72. The van der Waals surface area contributed by atoms with Gasteiger partial charge < -0.3 is 0 Å². The van der Waals surface area contributed by atoms with Crippen LogP contribution in [0.2, 0.25) is 0 Å². The van der Waals surface area contributed by atoms with Gasteiger partial charge in [-0.2, -0.15) is 0 Å². The Morgan fingerprint density at radius 3 is 2.41 bits per heavy atom. The first kappa shape index (κ1) is 13.0. The van der Waals surface area contributed by atoms with Gasteiger partial charge in [-0.15, -0.1) is 0 Å². The third kappa shape index (κ3) is 3.07. The van der Waals surface area contributed by atoms with Crippen LogP contribution in [0.15, 0.2) is 28.7 Å². The molecule has 1 aliphatic heterocycles. The van der Waals surface area contributed by atoms with Crippen LogP contribution in [0.4, 0.5) is 0 Å². The molecule has 3 N–H and O–H groups in total. The van der Waals surface area contributed by atoms with Gasteiger partial charge in [0.15, 0.2) is 0 Å². The SMILES string of the molecule is CC(C)NC1NNC(c2ccc(Br)cc2)C1C. The van der Waals surface area contributed by atoms with E-state index in [1.54, 1.807) is 0 Å². The van der Waals surface area contributed by atoms with Crippen LogP contribution in [0, 0.1) is 5.92 Å². The highest BCUT2D eigenvalue weighted by Gasteiger charge is 2.33. The molecule has 0 amide bonds. The van der Waals surface area contributed by atoms with E-state index in [0.717, 1.165) is 4.47 Å². The molecule has 1 saturated heterocycles. The van der Waals surface area contributed by atoms with Crippen LogP contribution in [0.25, 0.3) is 0 Å². The molecular weight excluding hydrogens is 278 g/mol. The summed E-state index contributed by atoms with van der Waals surface area (Å²) in [5.74, 6) is 0.513. The topological polar surface area (TPSA) is 36.1 Å². The normalized spacial score (nSPS) is 28.9. The summed E-state index contributed by atoms with van der Waals surface area (Å²) in [6.45, 7) is 6.60. The Kier molecular flexibility index (Phi) is 4.20. The van der Waals surface area contributed by atoms with Crippen LogP contribution in [-0.2, 0) is 0 Å². The number of hydrogen-bond acceptors (Lipinski definition) is 3. The summed E-state index contributed by atoms with van der Waals surface area (Å²) in [5, 5.41) is 3.52. The molecule has 2 rings (SSSR count). The molecule has 3 atom stereocenters. The van der Waals surface area contributed by atoms with E-state index in [1.165, 1.54) is 5.56 Å². The maximum atomic E-state index is 3.52. The molecule has 0 bridgehead atoms. The molecule has 0 saturated carbocycles. The zero-order chi connectivity index (χ0) is 12.4. The molecule has 1 aromatic carbocycles. The third-order valence-electron chi connectivity index (χ3n) is 3.19. The highest BCUT2D eigenvalue weighted by Crippen LogP contribution is 2.28. The van der Waals surface area contributed by atoms with Crippen LogP contribution >= 0.6 is 15.9 Å². The van der Waals surface area contributed by atoms with Gasteiger partial charge in [-0.3, -0.25) is 5.32 Å². The van der Waals surface area contributed by atoms with Crippen molar-refractivity contribution in [2.24, 2.45) is 5.92 Å². The molecule has 0 aliphatic carbocycles. The first-order chi connectivity index (χ1) is 8.08. The summed E-state index contributed by atoms with van der Waals surface area (Å²) < 4.78 is 1.12. The van der Waals surface area contributed by atoms with Gasteiger partial charge in [0, 0.05) is 16.4 Å². The largest absolute Gasteiger partial charge is 0.298 e. The van der Waals surface area contributed by atoms with Crippen molar-refractivity contribution in [3.63, 3.8) is 0 Å². The van der Waals surface area contributed by atoms with Crippen molar-refractivity contribution in [3.8, 4) is 0 Å². The minimum Gasteiger partial charge on any atom is -0.298 e. The van der Waals surface area contributed by atoms with Crippen molar-refractivity contribution >= 4 is 15.9 Å². The van der Waals surface area contributed by atoms with E-state index in [0.29, 0.717) is 24.2 Å². The van der Waals surface area contributed by atoms with E-state index < -0.39 is 0 Å². The van der Waals surface area contributed by atoms with Gasteiger partial charge in [0.2, 0.25) is 0 Å². The van der Waals surface area contributed by atoms with Crippen LogP contribution in [0.3, 0.4) is 0 Å². The number of nitrogens with one attached hydrogen (secondary N) is 3. The minimum absolute atomic E-state index is 0.323. The number of hydrogen-bond donors (Lipinski definition) is 3. The predicted molar refractivity (Wildman–Crippen MR) is 74.4 cm³/mol. The van der Waals surface area contributed by atoms with E-state index in [4.69, 9.17) is 0 Å². The zero-order valence-electron chi connectivity index (χ0n) is 10.5. The van der Waals surface area contributed by atoms with Gasteiger partial charge >= 0.3 is 0 Å². The Morgan fingerprint density at radius 2 is 1.82 bits per heavy atom. The second kappa shape index (κ2) is 5.48. The van der Waals surface area contributed by atoms with Gasteiger partial charge in [-0.05, 0) is 31.5 Å². The van der Waals surface area contributed by atoms with Crippen molar-refractivity contribution in [3.05, 3.63) is 34.3 Å². The van der Waals surface area contributed by atoms with Crippen molar-refractivity contribution in [1.29, 1.82) is 0 Å². The fourth-order valence-corrected chi connectivity index (χ4v) is 2.51. The number of halogens is 1. The van der Waals surface area contributed by atoms with Gasteiger partial charge in [-0.25, -0.2) is 10.9 Å². The zero-order valence-corrected chi connectivity index (χ0v) is 12.1. The lowest BCUT2D eigenvalue weighted by atomic mass is 9.94. The Hall–Kier alpha value is -0.420. The maximum Gasteiger partial charge on any atom is 0.0750 e. The van der Waals surface area contributed by atoms with Crippen molar-refractivity contribution in [2.45, 2.75) is 39.0 Å². The molecular formula is C13H20BrN3. The molecule has 0 spiro atoms. The average molecular weight is 298 g/mol. The molecule has 0 aromatic heterocycles. The fourth-order valence-electron chi connectivity index (χ4n) is 2.24. The molecule has 1 heterocycles.